The molecule has 0 radical (unpaired) electrons. The van der Waals surface area contributed by atoms with Crippen molar-refractivity contribution < 1.29 is 9.18 Å². The Labute approximate surface area is 147 Å². The van der Waals surface area contributed by atoms with Crippen molar-refractivity contribution in [2.45, 2.75) is 26.8 Å². The zero-order valence-corrected chi connectivity index (χ0v) is 14.8. The maximum atomic E-state index is 13.1. The van der Waals surface area contributed by atoms with Gasteiger partial charge in [0.15, 0.2) is 0 Å². The van der Waals surface area contributed by atoms with Crippen molar-refractivity contribution in [1.29, 1.82) is 0 Å². The molecule has 128 valence electrons. The Kier molecular flexibility index (Phi) is 6.35. The number of amides is 1. The standard InChI is InChI=1S/C19H22ClFN2O/c1-12(2)19(14-7-9-15(21)10-8-14)22-11-18(24)23-17-6-4-5-16(20)13(17)3/h4-10,12,19,22H,11H2,1-3H3,(H,23,24)/t19-/m0/s1. The average molecular weight is 349 g/mol. The Morgan fingerprint density at radius 1 is 1.17 bits per heavy atom. The van der Waals surface area contributed by atoms with Crippen molar-refractivity contribution in [3.05, 3.63) is 64.4 Å². The third-order valence-corrected chi connectivity index (χ3v) is 4.33. The molecule has 0 spiro atoms. The van der Waals surface area contributed by atoms with Crippen LogP contribution in [0.3, 0.4) is 0 Å². The Morgan fingerprint density at radius 2 is 1.83 bits per heavy atom. The molecule has 0 saturated carbocycles. The number of halogens is 2. The molecule has 2 aromatic rings. The molecule has 0 bridgehead atoms. The molecule has 0 heterocycles. The molecule has 0 aliphatic rings. The molecule has 0 aliphatic carbocycles. The Morgan fingerprint density at radius 3 is 2.46 bits per heavy atom. The van der Waals surface area contributed by atoms with E-state index in [4.69, 9.17) is 11.6 Å². The number of hydrogen-bond acceptors (Lipinski definition) is 2. The van der Waals surface area contributed by atoms with E-state index in [0.717, 1.165) is 11.1 Å². The largest absolute Gasteiger partial charge is 0.325 e. The van der Waals surface area contributed by atoms with Gasteiger partial charge in [0.1, 0.15) is 5.82 Å². The summed E-state index contributed by atoms with van der Waals surface area (Å²) in [7, 11) is 0. The molecule has 2 N–H and O–H groups in total. The van der Waals surface area contributed by atoms with Crippen LogP contribution >= 0.6 is 11.6 Å². The molecule has 24 heavy (non-hydrogen) atoms. The molecule has 0 saturated heterocycles. The van der Waals surface area contributed by atoms with Gasteiger partial charge in [-0.1, -0.05) is 43.6 Å². The quantitative estimate of drug-likeness (QED) is 0.793. The molecular weight excluding hydrogens is 327 g/mol. The van der Waals surface area contributed by atoms with Crippen LogP contribution in [0.4, 0.5) is 10.1 Å². The van der Waals surface area contributed by atoms with Gasteiger partial charge in [-0.3, -0.25) is 4.79 Å². The van der Waals surface area contributed by atoms with Gasteiger partial charge in [0.25, 0.3) is 0 Å². The summed E-state index contributed by atoms with van der Waals surface area (Å²) in [6, 6.07) is 11.7. The van der Waals surface area contributed by atoms with Gasteiger partial charge in [0.05, 0.1) is 6.54 Å². The molecule has 0 fully saturated rings. The first-order valence-corrected chi connectivity index (χ1v) is 8.30. The molecule has 0 aliphatic heterocycles. The van der Waals surface area contributed by atoms with Gasteiger partial charge in [0, 0.05) is 16.8 Å². The van der Waals surface area contributed by atoms with E-state index in [-0.39, 0.29) is 30.2 Å². The number of carbonyl (C=O) groups is 1. The predicted molar refractivity (Wildman–Crippen MR) is 96.8 cm³/mol. The van der Waals surface area contributed by atoms with Crippen molar-refractivity contribution in [3.8, 4) is 0 Å². The minimum absolute atomic E-state index is 0.0307. The van der Waals surface area contributed by atoms with E-state index < -0.39 is 0 Å². The lowest BCUT2D eigenvalue weighted by atomic mass is 9.96. The SMILES string of the molecule is Cc1c(Cl)cccc1NC(=O)CN[C@H](c1ccc(F)cc1)C(C)C. The van der Waals surface area contributed by atoms with Crippen LogP contribution in [-0.2, 0) is 4.79 Å². The van der Waals surface area contributed by atoms with Gasteiger partial charge in [0.2, 0.25) is 5.91 Å². The number of carbonyl (C=O) groups excluding carboxylic acids is 1. The molecule has 3 nitrogen and oxygen atoms in total. The van der Waals surface area contributed by atoms with Crippen molar-refractivity contribution in [1.82, 2.24) is 5.32 Å². The van der Waals surface area contributed by atoms with Gasteiger partial charge in [-0.25, -0.2) is 4.39 Å². The first kappa shape index (κ1) is 18.4. The normalized spacial score (nSPS) is 12.2. The van der Waals surface area contributed by atoms with Crippen molar-refractivity contribution in [2.75, 3.05) is 11.9 Å². The average Bonchev–Trinajstić information content (AvgIpc) is 2.53. The maximum Gasteiger partial charge on any atom is 0.238 e. The highest BCUT2D eigenvalue weighted by Gasteiger charge is 2.17. The molecule has 2 aromatic carbocycles. The topological polar surface area (TPSA) is 41.1 Å². The van der Waals surface area contributed by atoms with E-state index in [0.29, 0.717) is 10.7 Å². The molecule has 5 heteroatoms. The molecule has 1 amide bonds. The van der Waals surface area contributed by atoms with Gasteiger partial charge in [-0.2, -0.15) is 0 Å². The Balaban J connectivity index is 2.00. The van der Waals surface area contributed by atoms with Crippen LogP contribution in [-0.4, -0.2) is 12.5 Å². The lowest BCUT2D eigenvalue weighted by Crippen LogP contribution is -2.33. The van der Waals surface area contributed by atoms with Gasteiger partial charge < -0.3 is 10.6 Å². The molecule has 0 unspecified atom stereocenters. The zero-order valence-electron chi connectivity index (χ0n) is 14.1. The van der Waals surface area contributed by atoms with E-state index in [1.54, 1.807) is 24.3 Å². The second kappa shape index (κ2) is 8.27. The Hall–Kier alpha value is -1.91. The second-order valence-electron chi connectivity index (χ2n) is 6.11. The third kappa shape index (κ3) is 4.79. The highest BCUT2D eigenvalue weighted by atomic mass is 35.5. The first-order valence-electron chi connectivity index (χ1n) is 7.92. The number of anilines is 1. The summed E-state index contributed by atoms with van der Waals surface area (Å²) in [5, 5.41) is 6.72. The highest BCUT2D eigenvalue weighted by molar-refractivity contribution is 6.31. The fraction of sp³-hybridized carbons (Fsp3) is 0.316. The first-order chi connectivity index (χ1) is 11.4. The highest BCUT2D eigenvalue weighted by Crippen LogP contribution is 2.24. The summed E-state index contributed by atoms with van der Waals surface area (Å²) < 4.78 is 13.1. The lowest BCUT2D eigenvalue weighted by Gasteiger charge is -2.23. The van der Waals surface area contributed by atoms with Crippen LogP contribution in [0.5, 0.6) is 0 Å². The molecular formula is C19H22ClFN2O. The number of benzene rings is 2. The summed E-state index contributed by atoms with van der Waals surface area (Å²) in [5.41, 5.74) is 2.50. The Bertz CT molecular complexity index is 701. The van der Waals surface area contributed by atoms with Crippen molar-refractivity contribution in [3.63, 3.8) is 0 Å². The summed E-state index contributed by atoms with van der Waals surface area (Å²) in [5.74, 6) is -0.153. The van der Waals surface area contributed by atoms with E-state index in [1.807, 2.05) is 13.0 Å². The minimum atomic E-state index is -0.268. The number of nitrogens with one attached hydrogen (secondary N) is 2. The van der Waals surface area contributed by atoms with E-state index in [9.17, 15) is 9.18 Å². The number of rotatable bonds is 6. The monoisotopic (exact) mass is 348 g/mol. The molecule has 1 atom stereocenters. The van der Waals surface area contributed by atoms with Crippen LogP contribution in [0.15, 0.2) is 42.5 Å². The van der Waals surface area contributed by atoms with E-state index in [2.05, 4.69) is 24.5 Å². The number of hydrogen-bond donors (Lipinski definition) is 2. The van der Waals surface area contributed by atoms with Crippen LogP contribution in [0.2, 0.25) is 5.02 Å². The van der Waals surface area contributed by atoms with E-state index in [1.165, 1.54) is 12.1 Å². The molecule has 2 rings (SSSR count). The summed E-state index contributed by atoms with van der Waals surface area (Å²) in [6.07, 6.45) is 0. The van der Waals surface area contributed by atoms with Crippen LogP contribution in [0, 0.1) is 18.7 Å². The summed E-state index contributed by atoms with van der Waals surface area (Å²) in [4.78, 5) is 12.2. The van der Waals surface area contributed by atoms with Crippen LogP contribution in [0.25, 0.3) is 0 Å². The van der Waals surface area contributed by atoms with Gasteiger partial charge >= 0.3 is 0 Å². The lowest BCUT2D eigenvalue weighted by molar-refractivity contribution is -0.115. The van der Waals surface area contributed by atoms with Crippen molar-refractivity contribution in [2.24, 2.45) is 5.92 Å². The maximum absolute atomic E-state index is 13.1. The van der Waals surface area contributed by atoms with Gasteiger partial charge in [-0.05, 0) is 48.2 Å². The predicted octanol–water partition coefficient (Wildman–Crippen LogP) is 4.71. The van der Waals surface area contributed by atoms with Crippen LogP contribution in [0.1, 0.15) is 31.0 Å². The smallest absolute Gasteiger partial charge is 0.238 e. The molecule has 0 aromatic heterocycles. The minimum Gasteiger partial charge on any atom is -0.325 e. The van der Waals surface area contributed by atoms with Crippen LogP contribution < -0.4 is 10.6 Å². The summed E-state index contributed by atoms with van der Waals surface area (Å²) >= 11 is 6.06. The second-order valence-corrected chi connectivity index (χ2v) is 6.52. The summed E-state index contributed by atoms with van der Waals surface area (Å²) in [6.45, 7) is 6.13. The van der Waals surface area contributed by atoms with Crippen molar-refractivity contribution >= 4 is 23.2 Å². The van der Waals surface area contributed by atoms with Gasteiger partial charge in [-0.15, -0.1) is 0 Å². The zero-order chi connectivity index (χ0) is 17.7. The fourth-order valence-corrected chi connectivity index (χ4v) is 2.72. The fourth-order valence-electron chi connectivity index (χ4n) is 2.55. The third-order valence-electron chi connectivity index (χ3n) is 3.92. The van der Waals surface area contributed by atoms with E-state index >= 15 is 0 Å².